The van der Waals surface area contributed by atoms with Crippen molar-refractivity contribution in [2.75, 3.05) is 32.5 Å². The van der Waals surface area contributed by atoms with Gasteiger partial charge >= 0.3 is 0 Å². The standard InChI is InChI=1S/C23H29N7O/c1-15-10-16(2)12-17(11-15)25-23-24-8-6-19(26-23)20-13-21(29(5)27-20)22(31)30-9-7-18(14-30)28(3)4/h6,8,10-13,18H,7,9,14H2,1-5H3,(H,24,25,26). The van der Waals surface area contributed by atoms with Gasteiger partial charge in [-0.05, 0) is 69.8 Å². The van der Waals surface area contributed by atoms with E-state index in [0.717, 1.165) is 25.2 Å². The Morgan fingerprint density at radius 2 is 1.87 bits per heavy atom. The number of hydrogen-bond donors (Lipinski definition) is 1. The summed E-state index contributed by atoms with van der Waals surface area (Å²) in [5.74, 6) is 0.502. The summed E-state index contributed by atoms with van der Waals surface area (Å²) in [5.41, 5.74) is 5.17. The summed E-state index contributed by atoms with van der Waals surface area (Å²) < 4.78 is 1.64. The van der Waals surface area contributed by atoms with Crippen LogP contribution < -0.4 is 5.32 Å². The van der Waals surface area contributed by atoms with Gasteiger partial charge in [-0.15, -0.1) is 0 Å². The van der Waals surface area contributed by atoms with Crippen molar-refractivity contribution in [2.24, 2.45) is 7.05 Å². The molecule has 0 spiro atoms. The molecular weight excluding hydrogens is 390 g/mol. The molecule has 0 saturated carbocycles. The highest BCUT2D eigenvalue weighted by atomic mass is 16.2. The Morgan fingerprint density at radius 1 is 1.13 bits per heavy atom. The van der Waals surface area contributed by atoms with Crippen LogP contribution in [0.25, 0.3) is 11.4 Å². The van der Waals surface area contributed by atoms with E-state index in [1.54, 1.807) is 24.0 Å². The van der Waals surface area contributed by atoms with E-state index in [9.17, 15) is 4.79 Å². The fourth-order valence-electron chi connectivity index (χ4n) is 4.04. The number of nitrogens with one attached hydrogen (secondary N) is 1. The molecule has 162 valence electrons. The summed E-state index contributed by atoms with van der Waals surface area (Å²) in [7, 11) is 5.91. The van der Waals surface area contributed by atoms with Gasteiger partial charge in [-0.1, -0.05) is 6.07 Å². The molecule has 1 atom stereocenters. The maximum absolute atomic E-state index is 13.1. The average Bonchev–Trinajstić information content (AvgIpc) is 3.34. The van der Waals surface area contributed by atoms with Crippen LogP contribution in [0.2, 0.25) is 0 Å². The SMILES string of the molecule is Cc1cc(C)cc(Nc2nccc(-c3cc(C(=O)N4CCC(N(C)C)C4)n(C)n3)n2)c1. The Balaban J connectivity index is 1.54. The minimum atomic E-state index is 0.00763. The summed E-state index contributed by atoms with van der Waals surface area (Å²) in [4.78, 5) is 26.1. The van der Waals surface area contributed by atoms with Crippen LogP contribution >= 0.6 is 0 Å². The van der Waals surface area contributed by atoms with E-state index < -0.39 is 0 Å². The highest BCUT2D eigenvalue weighted by Crippen LogP contribution is 2.23. The maximum Gasteiger partial charge on any atom is 0.272 e. The van der Waals surface area contributed by atoms with Crippen molar-refractivity contribution >= 4 is 17.5 Å². The molecular formula is C23H29N7O. The van der Waals surface area contributed by atoms with Gasteiger partial charge in [-0.3, -0.25) is 9.48 Å². The predicted octanol–water partition coefficient (Wildman–Crippen LogP) is 3.01. The average molecular weight is 420 g/mol. The first kappa shape index (κ1) is 21.0. The third kappa shape index (κ3) is 4.59. The quantitative estimate of drug-likeness (QED) is 0.685. The third-order valence-corrected chi connectivity index (χ3v) is 5.68. The van der Waals surface area contributed by atoms with Crippen molar-refractivity contribution in [3.8, 4) is 11.4 Å². The molecule has 0 bridgehead atoms. The molecule has 0 aliphatic carbocycles. The van der Waals surface area contributed by atoms with Crippen molar-refractivity contribution < 1.29 is 4.79 Å². The minimum Gasteiger partial charge on any atom is -0.336 e. The number of likely N-dealkylation sites (N-methyl/N-ethyl adjacent to an activating group) is 1. The molecule has 0 radical (unpaired) electrons. The maximum atomic E-state index is 13.1. The van der Waals surface area contributed by atoms with Crippen LogP contribution in [0.1, 0.15) is 28.0 Å². The summed E-state index contributed by atoms with van der Waals surface area (Å²) in [6, 6.07) is 10.2. The Bertz CT molecular complexity index is 1080. The Labute approximate surface area is 182 Å². The van der Waals surface area contributed by atoms with Gasteiger partial charge in [0, 0.05) is 38.1 Å². The lowest BCUT2D eigenvalue weighted by Crippen LogP contribution is -2.35. The molecule has 1 aromatic carbocycles. The zero-order valence-electron chi connectivity index (χ0n) is 18.8. The summed E-state index contributed by atoms with van der Waals surface area (Å²) in [6.45, 7) is 5.62. The third-order valence-electron chi connectivity index (χ3n) is 5.68. The van der Waals surface area contributed by atoms with E-state index in [1.807, 2.05) is 11.0 Å². The zero-order chi connectivity index (χ0) is 22.1. The summed E-state index contributed by atoms with van der Waals surface area (Å²) in [5, 5.41) is 7.81. The first-order chi connectivity index (χ1) is 14.8. The summed E-state index contributed by atoms with van der Waals surface area (Å²) in [6.07, 6.45) is 2.69. The number of aryl methyl sites for hydroxylation is 3. The van der Waals surface area contributed by atoms with Crippen molar-refractivity contribution in [3.63, 3.8) is 0 Å². The smallest absolute Gasteiger partial charge is 0.272 e. The van der Waals surface area contributed by atoms with Crippen LogP contribution in [-0.4, -0.2) is 68.7 Å². The van der Waals surface area contributed by atoms with E-state index >= 15 is 0 Å². The molecule has 2 aromatic heterocycles. The molecule has 3 heterocycles. The van der Waals surface area contributed by atoms with E-state index in [1.165, 1.54) is 11.1 Å². The van der Waals surface area contributed by atoms with Crippen LogP contribution in [-0.2, 0) is 7.05 Å². The normalized spacial score (nSPS) is 16.2. The second-order valence-corrected chi connectivity index (χ2v) is 8.46. The number of aromatic nitrogens is 4. The van der Waals surface area contributed by atoms with Crippen LogP contribution in [0, 0.1) is 13.8 Å². The molecule has 1 aliphatic heterocycles. The van der Waals surface area contributed by atoms with Crippen LogP contribution in [0.5, 0.6) is 0 Å². The lowest BCUT2D eigenvalue weighted by atomic mass is 10.1. The fourth-order valence-corrected chi connectivity index (χ4v) is 4.04. The van der Waals surface area contributed by atoms with Gasteiger partial charge in [0.1, 0.15) is 11.4 Å². The largest absolute Gasteiger partial charge is 0.336 e. The van der Waals surface area contributed by atoms with E-state index in [-0.39, 0.29) is 5.91 Å². The molecule has 1 amide bonds. The van der Waals surface area contributed by atoms with E-state index in [0.29, 0.717) is 29.1 Å². The molecule has 1 unspecified atom stereocenters. The highest BCUT2D eigenvalue weighted by Gasteiger charge is 2.30. The Morgan fingerprint density at radius 3 is 2.55 bits per heavy atom. The molecule has 4 rings (SSSR count). The number of hydrogen-bond acceptors (Lipinski definition) is 6. The lowest BCUT2D eigenvalue weighted by molar-refractivity contribution is 0.0772. The fraction of sp³-hybridized carbons (Fsp3) is 0.391. The number of amides is 1. The number of rotatable bonds is 5. The molecule has 1 fully saturated rings. The number of likely N-dealkylation sites (tertiary alicyclic amines) is 1. The molecule has 8 heteroatoms. The second kappa shape index (κ2) is 8.47. The Hall–Kier alpha value is -3.26. The van der Waals surface area contributed by atoms with Gasteiger partial charge in [-0.2, -0.15) is 5.10 Å². The second-order valence-electron chi connectivity index (χ2n) is 8.46. The van der Waals surface area contributed by atoms with Crippen molar-refractivity contribution in [3.05, 3.63) is 53.3 Å². The number of carbonyl (C=O) groups is 1. The minimum absolute atomic E-state index is 0.00763. The van der Waals surface area contributed by atoms with Crippen LogP contribution in [0.15, 0.2) is 36.5 Å². The van der Waals surface area contributed by atoms with Crippen LogP contribution in [0.4, 0.5) is 11.6 Å². The predicted molar refractivity (Wildman–Crippen MR) is 121 cm³/mol. The van der Waals surface area contributed by atoms with Crippen molar-refractivity contribution in [2.45, 2.75) is 26.3 Å². The van der Waals surface area contributed by atoms with Crippen molar-refractivity contribution in [1.29, 1.82) is 0 Å². The molecule has 1 saturated heterocycles. The monoisotopic (exact) mass is 419 g/mol. The van der Waals surface area contributed by atoms with Gasteiger partial charge in [-0.25, -0.2) is 9.97 Å². The summed E-state index contributed by atoms with van der Waals surface area (Å²) >= 11 is 0. The van der Waals surface area contributed by atoms with Crippen molar-refractivity contribution in [1.82, 2.24) is 29.5 Å². The molecule has 1 aliphatic rings. The van der Waals surface area contributed by atoms with Crippen LogP contribution in [0.3, 0.4) is 0 Å². The highest BCUT2D eigenvalue weighted by molar-refractivity contribution is 5.93. The van der Waals surface area contributed by atoms with Gasteiger partial charge in [0.25, 0.3) is 5.91 Å². The molecule has 1 N–H and O–H groups in total. The van der Waals surface area contributed by atoms with Gasteiger partial charge < -0.3 is 15.1 Å². The lowest BCUT2D eigenvalue weighted by Gasteiger charge is -2.20. The first-order valence-electron chi connectivity index (χ1n) is 10.5. The van der Waals surface area contributed by atoms with E-state index in [4.69, 9.17) is 0 Å². The molecule has 3 aromatic rings. The molecule has 31 heavy (non-hydrogen) atoms. The van der Waals surface area contributed by atoms with E-state index in [2.05, 4.69) is 71.4 Å². The number of anilines is 2. The van der Waals surface area contributed by atoms with Gasteiger partial charge in [0.15, 0.2) is 0 Å². The number of nitrogens with zero attached hydrogens (tertiary/aromatic N) is 6. The number of carbonyl (C=O) groups excluding carboxylic acids is 1. The van der Waals surface area contributed by atoms with Gasteiger partial charge in [0.05, 0.1) is 5.69 Å². The first-order valence-corrected chi connectivity index (χ1v) is 10.5. The number of benzene rings is 1. The Kier molecular flexibility index (Phi) is 5.73. The topological polar surface area (TPSA) is 79.2 Å². The van der Waals surface area contributed by atoms with Gasteiger partial charge in [0.2, 0.25) is 5.95 Å². The molecule has 8 nitrogen and oxygen atoms in total. The zero-order valence-corrected chi connectivity index (χ0v) is 18.8.